The molecule has 29 heavy (non-hydrogen) atoms. The van der Waals surface area contributed by atoms with Crippen molar-refractivity contribution in [2.75, 3.05) is 0 Å². The molecule has 4 rings (SSSR count). The number of Topliss-reactive ketones (excluding diaryl/α,β-unsaturated/α-hetero) is 1. The molecule has 1 aliphatic carbocycles. The predicted octanol–water partition coefficient (Wildman–Crippen LogP) is -1.12. The van der Waals surface area contributed by atoms with Crippen molar-refractivity contribution in [2.24, 2.45) is 7.05 Å². The van der Waals surface area contributed by atoms with Crippen LogP contribution in [0, 0.1) is 10.1 Å². The van der Waals surface area contributed by atoms with Crippen LogP contribution in [0.3, 0.4) is 0 Å². The molecule has 8 nitrogen and oxygen atoms in total. The number of aryl methyl sites for hydroxylation is 1. The van der Waals surface area contributed by atoms with Crippen molar-refractivity contribution in [3.8, 4) is 0 Å². The first-order valence-corrected chi connectivity index (χ1v) is 8.43. The summed E-state index contributed by atoms with van der Waals surface area (Å²) in [6.45, 7) is -0.217. The van der Waals surface area contributed by atoms with Gasteiger partial charge in [0.05, 0.1) is 12.0 Å². The average Bonchev–Trinajstić information content (AvgIpc) is 3.02. The molecule has 0 amide bonds. The molecule has 0 fully saturated rings. The monoisotopic (exact) mass is 455 g/mol. The number of nitrogens with zero attached hydrogens (tertiary/aromatic N) is 3. The standard InChI is InChI=1S/C20H14N3O5.BrH/c1-21-11-22(10-16(24)12-5-4-6-13(9-12)23(27)28)18-17(21)19(25)14-7-2-3-8-15(14)20(18)26;/h2-9,11H,10H2,1H3;1H/q+1;/p-1. The highest BCUT2D eigenvalue weighted by atomic mass is 79.9. The third kappa shape index (κ3) is 3.29. The zero-order valence-electron chi connectivity index (χ0n) is 15.2. The Morgan fingerprint density at radius 1 is 1.07 bits per heavy atom. The largest absolute Gasteiger partial charge is 1.00 e. The Morgan fingerprint density at radius 2 is 1.72 bits per heavy atom. The fraction of sp³-hybridized carbons (Fsp3) is 0.100. The van der Waals surface area contributed by atoms with E-state index in [0.717, 1.165) is 0 Å². The molecule has 0 atom stereocenters. The van der Waals surface area contributed by atoms with Crippen LogP contribution in [-0.4, -0.2) is 26.8 Å². The lowest BCUT2D eigenvalue weighted by Gasteiger charge is -2.12. The number of fused-ring (bicyclic) bond motifs is 2. The molecule has 9 heteroatoms. The van der Waals surface area contributed by atoms with Gasteiger partial charge in [-0.25, -0.2) is 9.13 Å². The van der Waals surface area contributed by atoms with Gasteiger partial charge >= 0.3 is 0 Å². The van der Waals surface area contributed by atoms with Gasteiger partial charge < -0.3 is 17.0 Å². The summed E-state index contributed by atoms with van der Waals surface area (Å²) in [5, 5.41) is 10.9. The van der Waals surface area contributed by atoms with Gasteiger partial charge in [0.1, 0.15) is 0 Å². The van der Waals surface area contributed by atoms with Gasteiger partial charge in [0, 0.05) is 28.8 Å². The number of nitro groups is 1. The fourth-order valence-corrected chi connectivity index (χ4v) is 3.43. The van der Waals surface area contributed by atoms with E-state index >= 15 is 0 Å². The molecule has 1 aromatic heterocycles. The second kappa shape index (κ2) is 7.51. The molecular weight excluding hydrogens is 442 g/mol. The van der Waals surface area contributed by atoms with Gasteiger partial charge in [0.2, 0.25) is 35.1 Å². The van der Waals surface area contributed by atoms with Crippen LogP contribution in [-0.2, 0) is 13.6 Å². The summed E-state index contributed by atoms with van der Waals surface area (Å²) in [4.78, 5) is 48.8. The Hall–Kier alpha value is -3.46. The lowest BCUT2D eigenvalue weighted by Crippen LogP contribution is -3.00. The molecule has 0 saturated carbocycles. The highest BCUT2D eigenvalue weighted by Gasteiger charge is 2.40. The molecule has 0 saturated heterocycles. The predicted molar refractivity (Wildman–Crippen MR) is 96.3 cm³/mol. The zero-order valence-corrected chi connectivity index (χ0v) is 16.8. The maximum absolute atomic E-state index is 13.0. The zero-order chi connectivity index (χ0) is 20.0. The molecule has 0 spiro atoms. The van der Waals surface area contributed by atoms with Crippen molar-refractivity contribution in [1.29, 1.82) is 0 Å². The number of non-ortho nitro benzene ring substituents is 1. The van der Waals surface area contributed by atoms with Gasteiger partial charge in [-0.2, -0.15) is 0 Å². The molecule has 0 aliphatic heterocycles. The van der Waals surface area contributed by atoms with E-state index in [1.165, 1.54) is 39.7 Å². The van der Waals surface area contributed by atoms with Crippen LogP contribution in [0.15, 0.2) is 54.9 Å². The maximum Gasteiger partial charge on any atom is 0.270 e. The average molecular weight is 456 g/mol. The lowest BCUT2D eigenvalue weighted by atomic mass is 9.90. The van der Waals surface area contributed by atoms with Gasteiger partial charge in [-0.15, -0.1) is 0 Å². The number of nitro benzene ring substituents is 1. The van der Waals surface area contributed by atoms with Gasteiger partial charge in [0.15, 0.2) is 6.54 Å². The quantitative estimate of drug-likeness (QED) is 0.168. The summed E-state index contributed by atoms with van der Waals surface area (Å²) in [6, 6.07) is 12.0. The number of imidazole rings is 1. The number of carbonyl (C=O) groups excluding carboxylic acids is 3. The van der Waals surface area contributed by atoms with Gasteiger partial charge in [-0.05, 0) is 0 Å². The van der Waals surface area contributed by atoms with Gasteiger partial charge in [-0.1, -0.05) is 36.4 Å². The molecule has 146 valence electrons. The molecule has 1 aliphatic rings. The van der Waals surface area contributed by atoms with Crippen molar-refractivity contribution < 1.29 is 40.9 Å². The van der Waals surface area contributed by atoms with E-state index in [0.29, 0.717) is 11.1 Å². The second-order valence-corrected chi connectivity index (χ2v) is 6.49. The minimum atomic E-state index is -0.576. The Bertz CT molecular complexity index is 1200. The van der Waals surface area contributed by atoms with E-state index in [4.69, 9.17) is 0 Å². The lowest BCUT2D eigenvalue weighted by molar-refractivity contribution is -0.672. The molecule has 0 radical (unpaired) electrons. The van der Waals surface area contributed by atoms with Crippen LogP contribution < -0.4 is 21.5 Å². The molecule has 0 N–H and O–H groups in total. The summed E-state index contributed by atoms with van der Waals surface area (Å²) in [7, 11) is 1.63. The van der Waals surface area contributed by atoms with Crippen LogP contribution in [0.2, 0.25) is 0 Å². The summed E-state index contributed by atoms with van der Waals surface area (Å²) >= 11 is 0. The Balaban J connectivity index is 0.00000240. The van der Waals surface area contributed by atoms with Crippen molar-refractivity contribution >= 4 is 23.0 Å². The molecule has 2 aromatic carbocycles. The van der Waals surface area contributed by atoms with Crippen LogP contribution in [0.25, 0.3) is 0 Å². The molecule has 1 heterocycles. The Morgan fingerprint density at radius 3 is 2.38 bits per heavy atom. The first-order valence-electron chi connectivity index (χ1n) is 8.43. The smallest absolute Gasteiger partial charge is 0.270 e. The molecular formula is C20H14BrN3O5. The van der Waals surface area contributed by atoms with E-state index < -0.39 is 10.7 Å². The highest BCUT2D eigenvalue weighted by molar-refractivity contribution is 6.26. The summed E-state index contributed by atoms with van der Waals surface area (Å²) in [6.07, 6.45) is 1.52. The number of benzene rings is 2. The number of aromatic nitrogens is 2. The summed E-state index contributed by atoms with van der Waals surface area (Å²) in [5.41, 5.74) is 0.960. The Labute approximate surface area is 175 Å². The SMILES string of the molecule is C[n+]1cn(CC(=O)c2cccc([N+](=O)[O-])c2)c2c1C(=O)c1ccccc1C2=O.[Br-]. The number of rotatable bonds is 4. The van der Waals surface area contributed by atoms with E-state index in [1.807, 2.05) is 0 Å². The third-order valence-electron chi connectivity index (χ3n) is 4.72. The van der Waals surface area contributed by atoms with Crippen LogP contribution >= 0.6 is 0 Å². The van der Waals surface area contributed by atoms with E-state index in [1.54, 1.807) is 31.3 Å². The van der Waals surface area contributed by atoms with Crippen molar-refractivity contribution in [3.05, 3.63) is 93.1 Å². The third-order valence-corrected chi connectivity index (χ3v) is 4.72. The summed E-state index contributed by atoms with van der Waals surface area (Å²) in [5.74, 6) is -1.02. The van der Waals surface area contributed by atoms with E-state index in [2.05, 4.69) is 0 Å². The number of carbonyl (C=O) groups is 3. The van der Waals surface area contributed by atoms with Crippen LogP contribution in [0.4, 0.5) is 5.69 Å². The number of hydrogen-bond donors (Lipinski definition) is 0. The summed E-state index contributed by atoms with van der Waals surface area (Å²) < 4.78 is 2.94. The van der Waals surface area contributed by atoms with Crippen molar-refractivity contribution in [3.63, 3.8) is 0 Å². The van der Waals surface area contributed by atoms with Gasteiger partial charge in [0.25, 0.3) is 5.69 Å². The number of ketones is 3. The van der Waals surface area contributed by atoms with Gasteiger partial charge in [-0.3, -0.25) is 24.5 Å². The number of hydrogen-bond acceptors (Lipinski definition) is 5. The van der Waals surface area contributed by atoms with Crippen LogP contribution in [0.1, 0.15) is 42.5 Å². The fourth-order valence-electron chi connectivity index (χ4n) is 3.43. The first-order chi connectivity index (χ1) is 13.4. The molecule has 3 aromatic rings. The second-order valence-electron chi connectivity index (χ2n) is 6.49. The first kappa shape index (κ1) is 20.3. The topological polar surface area (TPSA) is 103 Å². The minimum Gasteiger partial charge on any atom is -1.00 e. The van der Waals surface area contributed by atoms with Crippen LogP contribution in [0.5, 0.6) is 0 Å². The van der Waals surface area contributed by atoms with Crippen molar-refractivity contribution in [2.45, 2.75) is 6.54 Å². The van der Waals surface area contributed by atoms with E-state index in [9.17, 15) is 24.5 Å². The maximum atomic E-state index is 13.0. The molecule has 0 bridgehead atoms. The molecule has 0 unspecified atom stereocenters. The Kier molecular flexibility index (Phi) is 5.25. The highest BCUT2D eigenvalue weighted by Crippen LogP contribution is 2.26. The van der Waals surface area contributed by atoms with Crippen molar-refractivity contribution in [1.82, 2.24) is 4.57 Å². The minimum absolute atomic E-state index is 0. The normalized spacial score (nSPS) is 12.0. The number of halogens is 1. The van der Waals surface area contributed by atoms with E-state index in [-0.39, 0.29) is 57.7 Å².